The molecule has 0 bridgehead atoms. The lowest BCUT2D eigenvalue weighted by Gasteiger charge is -2.44. The molecule has 2 aliphatic rings. The Morgan fingerprint density at radius 3 is 2.16 bits per heavy atom. The number of aromatic hydroxyl groups is 3. The average Bonchev–Trinajstić information content (AvgIpc) is 2.80. The topological polar surface area (TPSA) is 178 Å². The normalized spacial score (nSPS) is 29.1. The van der Waals surface area contributed by atoms with E-state index in [-0.39, 0.29) is 22.8 Å². The minimum Gasteiger partial charge on any atom is -0.508 e. The van der Waals surface area contributed by atoms with Gasteiger partial charge in [-0.3, -0.25) is 14.4 Å². The number of aliphatic hydroxyl groups is 1. The fourth-order valence-electron chi connectivity index (χ4n) is 4.37. The van der Waals surface area contributed by atoms with Gasteiger partial charge in [0.2, 0.25) is 5.78 Å². The summed E-state index contributed by atoms with van der Waals surface area (Å²) in [4.78, 5) is 36.8. The highest BCUT2D eigenvalue weighted by Crippen LogP contribution is 2.44. The summed E-state index contributed by atoms with van der Waals surface area (Å²) < 4.78 is 28.0. The number of benzene rings is 2. The number of phenolic OH excluding ortho intramolecular Hbond substituents is 3. The van der Waals surface area contributed by atoms with Gasteiger partial charge in [-0.25, -0.2) is 0 Å². The van der Waals surface area contributed by atoms with Gasteiger partial charge in [0.05, 0.1) is 6.10 Å². The molecule has 4 rings (SSSR count). The zero-order chi connectivity index (χ0) is 27.0. The van der Waals surface area contributed by atoms with Crippen LogP contribution in [0.1, 0.15) is 42.8 Å². The maximum Gasteiger partial charge on any atom is 0.303 e. The summed E-state index contributed by atoms with van der Waals surface area (Å²) >= 11 is 0. The van der Waals surface area contributed by atoms with Gasteiger partial charge in [0.25, 0.3) is 0 Å². The van der Waals surface area contributed by atoms with Gasteiger partial charge in [0.1, 0.15) is 34.7 Å². The van der Waals surface area contributed by atoms with Gasteiger partial charge in [-0.2, -0.15) is 0 Å². The van der Waals surface area contributed by atoms with Gasteiger partial charge in [0, 0.05) is 26.0 Å². The largest absolute Gasteiger partial charge is 0.508 e. The highest BCUT2D eigenvalue weighted by atomic mass is 16.7. The van der Waals surface area contributed by atoms with Crippen LogP contribution in [0.15, 0.2) is 36.4 Å². The second kappa shape index (κ2) is 10.2. The molecular weight excluding hydrogens is 492 g/mol. The van der Waals surface area contributed by atoms with Crippen LogP contribution in [0, 0.1) is 0 Å². The zero-order valence-corrected chi connectivity index (χ0v) is 20.1. The number of aliphatic hydroxyl groups excluding tert-OH is 1. The van der Waals surface area contributed by atoms with Crippen LogP contribution in [0.5, 0.6) is 23.0 Å². The van der Waals surface area contributed by atoms with Crippen LogP contribution in [0.3, 0.4) is 0 Å². The minimum absolute atomic E-state index is 0.0420. The summed E-state index contributed by atoms with van der Waals surface area (Å²) in [5.41, 5.74) is 0.128. The van der Waals surface area contributed by atoms with Gasteiger partial charge in [0.15, 0.2) is 30.7 Å². The number of Topliss-reactive ketones (excluding diaryl/α,β-unsaturated/α-hetero) is 1. The van der Waals surface area contributed by atoms with E-state index in [1.54, 1.807) is 0 Å². The number of phenols is 3. The van der Waals surface area contributed by atoms with E-state index in [9.17, 15) is 34.8 Å². The van der Waals surface area contributed by atoms with E-state index in [0.29, 0.717) is 5.56 Å². The molecule has 2 aromatic carbocycles. The minimum atomic E-state index is -1.69. The van der Waals surface area contributed by atoms with Crippen molar-refractivity contribution < 1.29 is 58.5 Å². The molecular formula is C25H26O12. The van der Waals surface area contributed by atoms with Gasteiger partial charge < -0.3 is 44.1 Å². The van der Waals surface area contributed by atoms with Crippen molar-refractivity contribution >= 4 is 17.7 Å². The van der Waals surface area contributed by atoms with E-state index in [1.807, 2.05) is 0 Å². The standard InChI is InChI=1S/C25H26O12/c1-10-21(34-11(2)26)24(35-12(3)27)20(32)25(33-10)37-23-19(31)18-16(30)8-15(29)9-17(18)36-22(23)13-4-6-14(28)7-5-13/h4-10,20-25,28-30,32H,1-3H3/t10-,20+,21-,22?,23?,24-,25-/m0/s1. The van der Waals surface area contributed by atoms with E-state index in [2.05, 4.69) is 0 Å². The summed E-state index contributed by atoms with van der Waals surface area (Å²) in [7, 11) is 0. The molecule has 0 amide bonds. The number of ether oxygens (including phenoxy) is 5. The number of carbonyl (C=O) groups excluding carboxylic acids is 3. The van der Waals surface area contributed by atoms with Crippen molar-refractivity contribution in [2.24, 2.45) is 0 Å². The third kappa shape index (κ3) is 5.31. The quantitative estimate of drug-likeness (QED) is 0.420. The van der Waals surface area contributed by atoms with Crippen LogP contribution in [0.2, 0.25) is 0 Å². The van der Waals surface area contributed by atoms with Crippen LogP contribution < -0.4 is 4.74 Å². The Morgan fingerprint density at radius 1 is 0.919 bits per heavy atom. The Morgan fingerprint density at radius 2 is 1.54 bits per heavy atom. The summed E-state index contributed by atoms with van der Waals surface area (Å²) in [6, 6.07) is 7.82. The van der Waals surface area contributed by atoms with E-state index in [1.165, 1.54) is 31.2 Å². The number of carbonyl (C=O) groups is 3. The smallest absolute Gasteiger partial charge is 0.303 e. The average molecular weight is 518 g/mol. The van der Waals surface area contributed by atoms with Gasteiger partial charge in [-0.1, -0.05) is 12.1 Å². The van der Waals surface area contributed by atoms with Crippen molar-refractivity contribution in [3.63, 3.8) is 0 Å². The van der Waals surface area contributed by atoms with Crippen LogP contribution >= 0.6 is 0 Å². The SMILES string of the molecule is CC(=O)O[C@@H]1[C@@H](OC(C)=O)[C@@H](O)[C@H](OC2C(=O)c3c(O)cc(O)cc3OC2c2ccc(O)cc2)O[C@H]1C. The molecule has 4 N–H and O–H groups in total. The summed E-state index contributed by atoms with van der Waals surface area (Å²) in [6.07, 6.45) is -9.36. The lowest BCUT2D eigenvalue weighted by molar-refractivity contribution is -0.308. The number of fused-ring (bicyclic) bond motifs is 1. The predicted octanol–water partition coefficient (Wildman–Crippen LogP) is 1.47. The molecule has 12 heteroatoms. The first-order valence-electron chi connectivity index (χ1n) is 11.4. The molecule has 2 aromatic rings. The molecule has 12 nitrogen and oxygen atoms in total. The lowest BCUT2D eigenvalue weighted by atomic mass is 9.92. The molecule has 0 spiro atoms. The predicted molar refractivity (Wildman–Crippen MR) is 122 cm³/mol. The highest BCUT2D eigenvalue weighted by molar-refractivity contribution is 6.05. The molecule has 2 unspecified atom stereocenters. The van der Waals surface area contributed by atoms with Crippen molar-refractivity contribution in [2.75, 3.05) is 0 Å². The first-order chi connectivity index (χ1) is 17.5. The maximum atomic E-state index is 13.5. The molecule has 7 atom stereocenters. The number of hydrogen-bond acceptors (Lipinski definition) is 12. The van der Waals surface area contributed by atoms with Crippen LogP contribution in [-0.4, -0.2) is 75.0 Å². The van der Waals surface area contributed by atoms with Crippen LogP contribution in [0.4, 0.5) is 0 Å². The fourth-order valence-corrected chi connectivity index (χ4v) is 4.37. The Kier molecular flexibility index (Phi) is 7.25. The van der Waals surface area contributed by atoms with E-state index in [4.69, 9.17) is 23.7 Å². The lowest BCUT2D eigenvalue weighted by Crippen LogP contribution is -2.61. The molecule has 1 fully saturated rings. The fraction of sp³-hybridized carbons (Fsp3) is 0.400. The molecule has 0 radical (unpaired) electrons. The first-order valence-corrected chi connectivity index (χ1v) is 11.4. The number of hydrogen-bond donors (Lipinski definition) is 4. The van der Waals surface area contributed by atoms with Crippen molar-refractivity contribution in [2.45, 2.75) is 63.7 Å². The zero-order valence-electron chi connectivity index (χ0n) is 20.1. The maximum absolute atomic E-state index is 13.5. The third-order valence-corrected chi connectivity index (χ3v) is 5.96. The Bertz CT molecular complexity index is 1190. The van der Waals surface area contributed by atoms with Crippen molar-refractivity contribution in [1.29, 1.82) is 0 Å². The second-order valence-corrected chi connectivity index (χ2v) is 8.74. The van der Waals surface area contributed by atoms with Crippen molar-refractivity contribution in [3.8, 4) is 23.0 Å². The molecule has 2 aliphatic heterocycles. The number of esters is 2. The third-order valence-electron chi connectivity index (χ3n) is 5.96. The monoisotopic (exact) mass is 518 g/mol. The van der Waals surface area contributed by atoms with E-state index < -0.39 is 66.4 Å². The van der Waals surface area contributed by atoms with Crippen LogP contribution in [-0.2, 0) is 28.5 Å². The number of ketones is 1. The molecule has 0 saturated carbocycles. The van der Waals surface area contributed by atoms with Crippen LogP contribution in [0.25, 0.3) is 0 Å². The van der Waals surface area contributed by atoms with Gasteiger partial charge in [-0.05, 0) is 24.6 Å². The number of rotatable bonds is 5. The molecule has 198 valence electrons. The van der Waals surface area contributed by atoms with Gasteiger partial charge >= 0.3 is 11.9 Å². The second-order valence-electron chi connectivity index (χ2n) is 8.74. The summed E-state index contributed by atoms with van der Waals surface area (Å²) in [6.45, 7) is 3.77. The Labute approximate surface area is 210 Å². The van der Waals surface area contributed by atoms with E-state index in [0.717, 1.165) is 26.0 Å². The molecule has 37 heavy (non-hydrogen) atoms. The van der Waals surface area contributed by atoms with Crippen molar-refractivity contribution in [3.05, 3.63) is 47.5 Å². The Balaban J connectivity index is 1.70. The Hall–Kier alpha value is -3.87. The van der Waals surface area contributed by atoms with E-state index >= 15 is 0 Å². The molecule has 0 aliphatic carbocycles. The molecule has 1 saturated heterocycles. The van der Waals surface area contributed by atoms with Crippen molar-refractivity contribution in [1.82, 2.24) is 0 Å². The summed E-state index contributed by atoms with van der Waals surface area (Å²) in [5.74, 6) is -3.23. The molecule has 2 heterocycles. The highest BCUT2D eigenvalue weighted by Gasteiger charge is 2.51. The summed E-state index contributed by atoms with van der Waals surface area (Å²) in [5, 5.41) is 40.9. The first kappa shape index (κ1) is 26.2. The molecule has 0 aromatic heterocycles. The van der Waals surface area contributed by atoms with Gasteiger partial charge in [-0.15, -0.1) is 0 Å².